The lowest BCUT2D eigenvalue weighted by molar-refractivity contribution is 0.518. The molecule has 1 aliphatic heterocycles. The third-order valence-electron chi connectivity index (χ3n) is 3.18. The number of hydrogen-bond acceptors (Lipinski definition) is 3. The second-order valence-electron chi connectivity index (χ2n) is 4.85. The number of nitrogens with one attached hydrogen (secondary N) is 1. The highest BCUT2D eigenvalue weighted by Crippen LogP contribution is 2.26. The number of rotatable bonds is 2. The van der Waals surface area contributed by atoms with Gasteiger partial charge in [-0.05, 0) is 12.5 Å². The van der Waals surface area contributed by atoms with Gasteiger partial charge >= 0.3 is 0 Å². The highest BCUT2D eigenvalue weighted by Gasteiger charge is 2.29. The molecule has 2 rings (SSSR count). The summed E-state index contributed by atoms with van der Waals surface area (Å²) in [5.74, 6) is 3.69. The van der Waals surface area contributed by atoms with Gasteiger partial charge in [-0.2, -0.15) is 5.10 Å². The maximum absolute atomic E-state index is 4.65. The Labute approximate surface area is 91.1 Å². The van der Waals surface area contributed by atoms with Gasteiger partial charge in [-0.25, -0.2) is 4.98 Å². The number of aromatic nitrogens is 3. The van der Waals surface area contributed by atoms with Gasteiger partial charge in [0.1, 0.15) is 5.82 Å². The molecule has 4 heteroatoms. The van der Waals surface area contributed by atoms with E-state index < -0.39 is 0 Å². The Hall–Kier alpha value is -0.900. The molecule has 84 valence electrons. The first-order chi connectivity index (χ1) is 7.09. The van der Waals surface area contributed by atoms with E-state index in [1.54, 1.807) is 0 Å². The number of nitrogens with zero attached hydrogens (tertiary/aromatic N) is 3. The van der Waals surface area contributed by atoms with Crippen LogP contribution in [0.25, 0.3) is 0 Å². The summed E-state index contributed by atoms with van der Waals surface area (Å²) in [4.78, 5) is 4.65. The van der Waals surface area contributed by atoms with Crippen molar-refractivity contribution in [3.05, 3.63) is 11.6 Å². The van der Waals surface area contributed by atoms with Gasteiger partial charge in [0, 0.05) is 25.4 Å². The molecule has 0 radical (unpaired) electrons. The number of hydrogen-bond donors (Lipinski definition) is 1. The molecule has 2 unspecified atom stereocenters. The first-order valence-electron chi connectivity index (χ1n) is 5.71. The molecule has 1 aliphatic rings. The lowest BCUT2D eigenvalue weighted by Gasteiger charge is -2.12. The van der Waals surface area contributed by atoms with Crippen LogP contribution in [-0.4, -0.2) is 27.9 Å². The van der Waals surface area contributed by atoms with E-state index in [9.17, 15) is 0 Å². The Kier molecular flexibility index (Phi) is 2.78. The molecule has 0 amide bonds. The van der Waals surface area contributed by atoms with Crippen molar-refractivity contribution in [3.8, 4) is 0 Å². The van der Waals surface area contributed by atoms with E-state index >= 15 is 0 Å². The van der Waals surface area contributed by atoms with E-state index in [2.05, 4.69) is 36.2 Å². The van der Waals surface area contributed by atoms with Crippen molar-refractivity contribution in [3.63, 3.8) is 0 Å². The molecule has 4 nitrogen and oxygen atoms in total. The lowest BCUT2D eigenvalue weighted by Crippen LogP contribution is -2.13. The Balaban J connectivity index is 2.27. The van der Waals surface area contributed by atoms with E-state index in [1.165, 1.54) is 0 Å². The summed E-state index contributed by atoms with van der Waals surface area (Å²) in [5, 5.41) is 7.87. The Morgan fingerprint density at radius 1 is 1.40 bits per heavy atom. The van der Waals surface area contributed by atoms with Crippen LogP contribution in [0.5, 0.6) is 0 Å². The third kappa shape index (κ3) is 1.91. The molecule has 0 aromatic carbocycles. The molecule has 1 aromatic heterocycles. The fourth-order valence-corrected chi connectivity index (χ4v) is 2.14. The number of aryl methyl sites for hydroxylation is 1. The van der Waals surface area contributed by atoms with Gasteiger partial charge in [0.25, 0.3) is 0 Å². The summed E-state index contributed by atoms with van der Waals surface area (Å²) in [7, 11) is 2.00. The second-order valence-corrected chi connectivity index (χ2v) is 4.85. The molecule has 2 heterocycles. The van der Waals surface area contributed by atoms with Gasteiger partial charge < -0.3 is 5.32 Å². The van der Waals surface area contributed by atoms with Crippen molar-refractivity contribution < 1.29 is 0 Å². The fourth-order valence-electron chi connectivity index (χ4n) is 2.14. The standard InChI is InChI=1S/C11H20N4/c1-7(2)10-13-11(15(4)14-10)9-6-12-5-8(9)3/h7-9,12H,5-6H2,1-4H3. The summed E-state index contributed by atoms with van der Waals surface area (Å²) in [6, 6.07) is 0. The van der Waals surface area contributed by atoms with Crippen molar-refractivity contribution in [2.24, 2.45) is 13.0 Å². The minimum absolute atomic E-state index is 0.412. The zero-order chi connectivity index (χ0) is 11.0. The van der Waals surface area contributed by atoms with Crippen LogP contribution in [0.3, 0.4) is 0 Å². The van der Waals surface area contributed by atoms with Crippen LogP contribution >= 0.6 is 0 Å². The molecule has 1 saturated heterocycles. The van der Waals surface area contributed by atoms with E-state index in [4.69, 9.17) is 0 Å². The normalized spacial score (nSPS) is 26.5. The zero-order valence-electron chi connectivity index (χ0n) is 9.99. The van der Waals surface area contributed by atoms with Gasteiger partial charge in [-0.3, -0.25) is 4.68 Å². The Morgan fingerprint density at radius 2 is 2.13 bits per heavy atom. The van der Waals surface area contributed by atoms with Gasteiger partial charge in [0.2, 0.25) is 0 Å². The van der Waals surface area contributed by atoms with Crippen LogP contribution < -0.4 is 5.32 Å². The van der Waals surface area contributed by atoms with E-state index in [-0.39, 0.29) is 0 Å². The maximum atomic E-state index is 4.65. The summed E-state index contributed by atoms with van der Waals surface area (Å²) in [5.41, 5.74) is 0. The van der Waals surface area contributed by atoms with Crippen LogP contribution in [0.1, 0.15) is 44.3 Å². The predicted molar refractivity (Wildman–Crippen MR) is 59.9 cm³/mol. The van der Waals surface area contributed by atoms with Crippen LogP contribution in [0.15, 0.2) is 0 Å². The third-order valence-corrected chi connectivity index (χ3v) is 3.18. The van der Waals surface area contributed by atoms with Gasteiger partial charge in [-0.15, -0.1) is 0 Å². The molecular weight excluding hydrogens is 188 g/mol. The van der Waals surface area contributed by atoms with Gasteiger partial charge in [-0.1, -0.05) is 20.8 Å². The summed E-state index contributed by atoms with van der Waals surface area (Å²) >= 11 is 0. The Morgan fingerprint density at radius 3 is 2.60 bits per heavy atom. The molecule has 0 spiro atoms. The average molecular weight is 208 g/mol. The van der Waals surface area contributed by atoms with E-state index in [0.717, 1.165) is 24.7 Å². The molecule has 15 heavy (non-hydrogen) atoms. The molecule has 1 N–H and O–H groups in total. The highest BCUT2D eigenvalue weighted by atomic mass is 15.3. The van der Waals surface area contributed by atoms with Crippen molar-refractivity contribution in [2.75, 3.05) is 13.1 Å². The smallest absolute Gasteiger partial charge is 0.153 e. The van der Waals surface area contributed by atoms with Crippen LogP contribution in [0, 0.1) is 5.92 Å². The largest absolute Gasteiger partial charge is 0.316 e. The van der Waals surface area contributed by atoms with Crippen molar-refractivity contribution in [1.82, 2.24) is 20.1 Å². The summed E-state index contributed by atoms with van der Waals surface area (Å²) in [6.07, 6.45) is 0. The first kappa shape index (κ1) is 10.6. The van der Waals surface area contributed by atoms with E-state index in [0.29, 0.717) is 17.8 Å². The van der Waals surface area contributed by atoms with Crippen LogP contribution in [0.2, 0.25) is 0 Å². The summed E-state index contributed by atoms with van der Waals surface area (Å²) < 4.78 is 1.95. The average Bonchev–Trinajstić information content (AvgIpc) is 2.71. The maximum Gasteiger partial charge on any atom is 0.153 e. The van der Waals surface area contributed by atoms with Crippen LogP contribution in [0.4, 0.5) is 0 Å². The molecule has 0 bridgehead atoms. The van der Waals surface area contributed by atoms with Crippen molar-refractivity contribution in [2.45, 2.75) is 32.6 Å². The van der Waals surface area contributed by atoms with Gasteiger partial charge in [0.15, 0.2) is 5.82 Å². The SMILES string of the molecule is CC(C)c1nc(C2CNCC2C)n(C)n1. The topological polar surface area (TPSA) is 42.7 Å². The molecular formula is C11H20N4. The monoisotopic (exact) mass is 208 g/mol. The molecule has 0 aliphatic carbocycles. The molecule has 2 atom stereocenters. The highest BCUT2D eigenvalue weighted by molar-refractivity contribution is 5.07. The molecule has 0 saturated carbocycles. The minimum Gasteiger partial charge on any atom is -0.316 e. The minimum atomic E-state index is 0.412. The lowest BCUT2D eigenvalue weighted by atomic mass is 9.97. The Bertz CT molecular complexity index is 342. The second kappa shape index (κ2) is 3.93. The molecule has 1 aromatic rings. The fraction of sp³-hybridized carbons (Fsp3) is 0.818. The quantitative estimate of drug-likeness (QED) is 0.795. The predicted octanol–water partition coefficient (Wildman–Crippen LogP) is 1.26. The molecule has 1 fully saturated rings. The van der Waals surface area contributed by atoms with Gasteiger partial charge in [0.05, 0.1) is 0 Å². The van der Waals surface area contributed by atoms with Crippen molar-refractivity contribution >= 4 is 0 Å². The van der Waals surface area contributed by atoms with Crippen LogP contribution in [-0.2, 0) is 7.05 Å². The van der Waals surface area contributed by atoms with E-state index in [1.807, 2.05) is 11.7 Å². The first-order valence-corrected chi connectivity index (χ1v) is 5.71. The van der Waals surface area contributed by atoms with Crippen molar-refractivity contribution in [1.29, 1.82) is 0 Å². The summed E-state index contributed by atoms with van der Waals surface area (Å²) in [6.45, 7) is 8.67. The zero-order valence-corrected chi connectivity index (χ0v) is 9.99.